The first-order valence-electron chi connectivity index (χ1n) is 10.8. The highest BCUT2D eigenvalue weighted by Crippen LogP contribution is 2.28. The van der Waals surface area contributed by atoms with Crippen LogP contribution in [0.2, 0.25) is 0 Å². The van der Waals surface area contributed by atoms with E-state index in [1.807, 2.05) is 71.0 Å². The number of rotatable bonds is 2. The van der Waals surface area contributed by atoms with Crippen molar-refractivity contribution >= 4 is 28.8 Å². The summed E-state index contributed by atoms with van der Waals surface area (Å²) in [5, 5.41) is 1.23. The van der Waals surface area contributed by atoms with E-state index in [1.54, 1.807) is 24.3 Å². The monoisotopic (exact) mass is 429 g/mol. The fourth-order valence-corrected chi connectivity index (χ4v) is 3.62. The second-order valence-electron chi connectivity index (χ2n) is 6.81. The number of benzene rings is 3. The molecular weight excluding hydrogens is 402 g/mol. The Morgan fingerprint density at radius 1 is 0.656 bits per heavy atom. The summed E-state index contributed by atoms with van der Waals surface area (Å²) in [6.45, 7) is 9.88. The van der Waals surface area contributed by atoms with Crippen LogP contribution in [-0.2, 0) is 9.59 Å². The van der Waals surface area contributed by atoms with E-state index >= 15 is 0 Å². The number of carbonyl (C=O) groups is 2. The van der Waals surface area contributed by atoms with Crippen molar-refractivity contribution in [1.82, 2.24) is 0 Å². The quantitative estimate of drug-likeness (QED) is 0.380. The molecule has 0 saturated heterocycles. The van der Waals surface area contributed by atoms with Gasteiger partial charge in [-0.15, -0.1) is 0 Å². The van der Waals surface area contributed by atoms with E-state index in [0.717, 1.165) is 11.1 Å². The summed E-state index contributed by atoms with van der Waals surface area (Å²) in [5.41, 5.74) is 9.79. The van der Waals surface area contributed by atoms with Crippen molar-refractivity contribution in [2.24, 2.45) is 0 Å². The molecule has 0 atom stereocenters. The van der Waals surface area contributed by atoms with Crippen LogP contribution in [-0.4, -0.2) is 11.9 Å². The van der Waals surface area contributed by atoms with E-state index in [4.69, 9.17) is 15.2 Å². The highest BCUT2D eigenvalue weighted by Gasteiger charge is 2.30. The second-order valence-corrected chi connectivity index (χ2v) is 6.81. The molecule has 0 spiro atoms. The standard InChI is InChI=1S/C23H15NO4.2C2H6/c1-12-9-14(7-8-17(12)24)21-16-11-18-15(10-19(16)28-23(21)26)20(22(25)27-18)13-5-3-2-4-6-13;2*1-2/h2-11H,24H2,1H3;2*1-2H3. The van der Waals surface area contributed by atoms with Crippen molar-refractivity contribution < 1.29 is 19.1 Å². The maximum atomic E-state index is 12.6. The van der Waals surface area contributed by atoms with Crippen molar-refractivity contribution in [3.63, 3.8) is 0 Å². The molecule has 2 N–H and O–H groups in total. The van der Waals surface area contributed by atoms with Gasteiger partial charge in [-0.1, -0.05) is 64.1 Å². The van der Waals surface area contributed by atoms with Gasteiger partial charge in [0, 0.05) is 16.1 Å². The van der Waals surface area contributed by atoms with Crippen LogP contribution in [0.5, 0.6) is 11.5 Å². The lowest BCUT2D eigenvalue weighted by molar-refractivity contribution is -0.128. The molecule has 0 amide bonds. The number of carbonyl (C=O) groups excluding carboxylic acids is 2. The molecule has 0 aromatic heterocycles. The molecule has 3 aromatic carbocycles. The van der Waals surface area contributed by atoms with E-state index in [-0.39, 0.29) is 0 Å². The van der Waals surface area contributed by atoms with Gasteiger partial charge in [-0.3, -0.25) is 0 Å². The summed E-state index contributed by atoms with van der Waals surface area (Å²) in [5.74, 6) is -0.0120. The van der Waals surface area contributed by atoms with Gasteiger partial charge in [0.05, 0.1) is 11.1 Å². The van der Waals surface area contributed by atoms with Gasteiger partial charge in [0.2, 0.25) is 0 Å². The van der Waals surface area contributed by atoms with Crippen molar-refractivity contribution in [1.29, 1.82) is 0 Å². The normalized spacial score (nSPS) is 13.2. The second kappa shape index (κ2) is 9.52. The topological polar surface area (TPSA) is 78.6 Å². The van der Waals surface area contributed by atoms with Gasteiger partial charge < -0.3 is 15.2 Å². The van der Waals surface area contributed by atoms with Gasteiger partial charge in [-0.2, -0.15) is 0 Å². The maximum Gasteiger partial charge on any atom is 0.344 e. The predicted molar refractivity (Wildman–Crippen MR) is 127 cm³/mol. The summed E-state index contributed by atoms with van der Waals surface area (Å²) in [6, 6.07) is 18.1. The Bertz CT molecular complexity index is 1310. The number of fused-ring (bicyclic) bond motifs is 2. The molecule has 0 saturated carbocycles. The van der Waals surface area contributed by atoms with E-state index in [2.05, 4.69) is 0 Å². The predicted octanol–water partition coefficient (Wildman–Crippen LogP) is 3.87. The highest BCUT2D eigenvalue weighted by molar-refractivity contribution is 6.21. The number of aryl methyl sites for hydroxylation is 1. The van der Waals surface area contributed by atoms with Crippen LogP contribution in [0, 0.1) is 6.92 Å². The van der Waals surface area contributed by atoms with Crippen LogP contribution in [0.1, 0.15) is 44.4 Å². The van der Waals surface area contributed by atoms with Gasteiger partial charge >= 0.3 is 11.9 Å². The number of anilines is 1. The van der Waals surface area contributed by atoms with Crippen molar-refractivity contribution in [3.05, 3.63) is 87.8 Å². The number of nitrogens with two attached hydrogens (primary N) is 1. The van der Waals surface area contributed by atoms with Gasteiger partial charge in [0.25, 0.3) is 0 Å². The third kappa shape index (κ3) is 3.89. The molecule has 0 fully saturated rings. The van der Waals surface area contributed by atoms with E-state index in [9.17, 15) is 9.59 Å². The molecular formula is C27H27NO4. The molecule has 2 heterocycles. The lowest BCUT2D eigenvalue weighted by Gasteiger charge is -2.04. The molecule has 2 aliphatic rings. The molecule has 32 heavy (non-hydrogen) atoms. The minimum atomic E-state index is -0.435. The molecule has 5 heteroatoms. The maximum absolute atomic E-state index is 12.6. The molecule has 0 unspecified atom stereocenters. The van der Waals surface area contributed by atoms with E-state index in [1.165, 1.54) is 0 Å². The Kier molecular flexibility index (Phi) is 6.79. The molecule has 5 rings (SSSR count). The van der Waals surface area contributed by atoms with Gasteiger partial charge in [-0.05, 0) is 47.9 Å². The summed E-state index contributed by atoms with van der Waals surface area (Å²) >= 11 is 0. The van der Waals surface area contributed by atoms with Crippen LogP contribution in [0.4, 0.5) is 5.69 Å². The number of ether oxygens (including phenoxy) is 2. The van der Waals surface area contributed by atoms with Crippen LogP contribution in [0.25, 0.3) is 11.1 Å². The van der Waals surface area contributed by atoms with Gasteiger partial charge in [0.15, 0.2) is 0 Å². The molecule has 164 valence electrons. The average molecular weight is 430 g/mol. The van der Waals surface area contributed by atoms with Crippen molar-refractivity contribution in [2.45, 2.75) is 34.6 Å². The average Bonchev–Trinajstić information content (AvgIpc) is 3.31. The van der Waals surface area contributed by atoms with Crippen LogP contribution >= 0.6 is 0 Å². The van der Waals surface area contributed by atoms with Crippen LogP contribution in [0.15, 0.2) is 60.7 Å². The minimum Gasteiger partial charge on any atom is -0.422 e. The van der Waals surface area contributed by atoms with E-state index in [0.29, 0.717) is 44.3 Å². The van der Waals surface area contributed by atoms with Gasteiger partial charge in [0.1, 0.15) is 11.5 Å². The lowest BCUT2D eigenvalue weighted by Crippen LogP contribution is -2.11. The molecule has 0 aliphatic carbocycles. The fourth-order valence-electron chi connectivity index (χ4n) is 3.62. The fraction of sp³-hybridized carbons (Fsp3) is 0.185. The first-order chi connectivity index (χ1) is 15.5. The van der Waals surface area contributed by atoms with Gasteiger partial charge in [-0.25, -0.2) is 9.59 Å². The summed E-state index contributed by atoms with van der Waals surface area (Å²) < 4.78 is 11.0. The summed E-state index contributed by atoms with van der Waals surface area (Å²) in [6.07, 6.45) is 0. The number of hydrogen-bond donors (Lipinski definition) is 1. The third-order valence-electron chi connectivity index (χ3n) is 5.05. The molecule has 5 nitrogen and oxygen atoms in total. The van der Waals surface area contributed by atoms with Crippen LogP contribution in [0.3, 0.4) is 0 Å². The summed E-state index contributed by atoms with van der Waals surface area (Å²) in [7, 11) is 0. The Hall–Kier alpha value is -3.86. The smallest absolute Gasteiger partial charge is 0.344 e. The minimum absolute atomic E-state index is 0.416. The largest absolute Gasteiger partial charge is 0.422 e. The molecule has 0 radical (unpaired) electrons. The Balaban J connectivity index is 0.000000686. The zero-order valence-electron chi connectivity index (χ0n) is 19.0. The Morgan fingerprint density at radius 2 is 1.16 bits per heavy atom. The zero-order chi connectivity index (χ0) is 23.4. The first-order valence-corrected chi connectivity index (χ1v) is 10.8. The highest BCUT2D eigenvalue weighted by atomic mass is 16.5. The number of nitrogen functional groups attached to an aromatic ring is 1. The SMILES string of the molecule is CC.CC.Cc1cc(C2=c3cc4c(cc3OC2=O)=C(c2ccccc2)C(=O)O4)ccc1N. The summed E-state index contributed by atoms with van der Waals surface area (Å²) in [4.78, 5) is 25.0. The Morgan fingerprint density at radius 3 is 1.66 bits per heavy atom. The number of hydrogen-bond acceptors (Lipinski definition) is 5. The first kappa shape index (κ1) is 22.8. The molecule has 3 aromatic rings. The van der Waals surface area contributed by atoms with Crippen molar-refractivity contribution in [2.75, 3.05) is 5.73 Å². The molecule has 2 aliphatic heterocycles. The zero-order valence-corrected chi connectivity index (χ0v) is 19.0. The van der Waals surface area contributed by atoms with Crippen molar-refractivity contribution in [3.8, 4) is 11.5 Å². The third-order valence-corrected chi connectivity index (χ3v) is 5.05. The lowest BCUT2D eigenvalue weighted by atomic mass is 10.00. The van der Waals surface area contributed by atoms with Crippen LogP contribution < -0.4 is 25.6 Å². The van der Waals surface area contributed by atoms with E-state index < -0.39 is 11.9 Å². The Labute approximate surface area is 187 Å². The molecule has 0 bridgehead atoms. The number of esters is 2.